The lowest BCUT2D eigenvalue weighted by molar-refractivity contribution is 0.0135. The molecule has 0 amide bonds. The minimum Gasteiger partial charge on any atom is -0.378 e. The van der Waals surface area contributed by atoms with Crippen molar-refractivity contribution in [3.05, 3.63) is 0 Å². The van der Waals surface area contributed by atoms with Gasteiger partial charge in [0.25, 0.3) is 0 Å². The predicted octanol–water partition coefficient (Wildman–Crippen LogP) is 3.58. The van der Waals surface area contributed by atoms with Crippen LogP contribution in [-0.2, 0) is 4.74 Å². The van der Waals surface area contributed by atoms with Crippen LogP contribution in [0.15, 0.2) is 0 Å². The van der Waals surface area contributed by atoms with E-state index in [2.05, 4.69) is 72.9 Å². The van der Waals surface area contributed by atoms with Gasteiger partial charge < -0.3 is 15.4 Å². The minimum atomic E-state index is 0.107. The first-order valence-electron chi connectivity index (χ1n) is 8.20. The summed E-state index contributed by atoms with van der Waals surface area (Å²) in [7, 11) is 0. The van der Waals surface area contributed by atoms with Gasteiger partial charge in [-0.3, -0.25) is 0 Å². The van der Waals surface area contributed by atoms with Crippen LogP contribution in [0.2, 0.25) is 0 Å². The molecule has 0 saturated heterocycles. The molecule has 3 atom stereocenters. The van der Waals surface area contributed by atoms with Crippen LogP contribution in [0.1, 0.15) is 68.7 Å². The average Bonchev–Trinajstić information content (AvgIpc) is 2.22. The third-order valence-electron chi connectivity index (χ3n) is 3.83. The van der Waals surface area contributed by atoms with Gasteiger partial charge in [0.15, 0.2) is 0 Å². The van der Waals surface area contributed by atoms with Gasteiger partial charge >= 0.3 is 0 Å². The second-order valence-electron chi connectivity index (χ2n) is 7.52. The Hall–Kier alpha value is -0.120. The molecule has 0 aromatic heterocycles. The molecule has 0 fully saturated rings. The predicted molar refractivity (Wildman–Crippen MR) is 89.3 cm³/mol. The SMILES string of the molecule is CC(C)NC(C)CC(C)OCC(C)C(C)(C)NC(C)C. The molecule has 0 aliphatic carbocycles. The molecule has 0 aromatic rings. The molecule has 0 aliphatic heterocycles. The normalized spacial score (nSPS) is 17.6. The van der Waals surface area contributed by atoms with Crippen molar-refractivity contribution in [3.63, 3.8) is 0 Å². The van der Waals surface area contributed by atoms with E-state index in [1.807, 2.05) is 0 Å². The maximum Gasteiger partial charge on any atom is 0.0561 e. The van der Waals surface area contributed by atoms with E-state index in [1.54, 1.807) is 0 Å². The largest absolute Gasteiger partial charge is 0.378 e. The standard InChI is InChI=1S/C17H38N2O/c1-12(2)18-15(6)10-16(7)20-11-14(5)17(8,9)19-13(3)4/h12-16,18-19H,10-11H2,1-9H3. The fourth-order valence-corrected chi connectivity index (χ4v) is 2.61. The molecule has 0 heterocycles. The van der Waals surface area contributed by atoms with Gasteiger partial charge in [0.05, 0.1) is 12.7 Å². The van der Waals surface area contributed by atoms with Crippen LogP contribution < -0.4 is 10.6 Å². The summed E-state index contributed by atoms with van der Waals surface area (Å²) in [6.07, 6.45) is 1.36. The Bertz CT molecular complexity index is 251. The molecule has 0 aliphatic rings. The summed E-state index contributed by atoms with van der Waals surface area (Å²) in [5.74, 6) is 0.487. The Kier molecular flexibility index (Phi) is 8.96. The smallest absolute Gasteiger partial charge is 0.0561 e. The van der Waals surface area contributed by atoms with Crippen molar-refractivity contribution in [1.82, 2.24) is 10.6 Å². The molecule has 20 heavy (non-hydrogen) atoms. The molecular formula is C17H38N2O. The lowest BCUT2D eigenvalue weighted by atomic mass is 9.89. The molecule has 0 saturated carbocycles. The first-order chi connectivity index (χ1) is 9.04. The fourth-order valence-electron chi connectivity index (χ4n) is 2.61. The number of ether oxygens (including phenoxy) is 1. The van der Waals surface area contributed by atoms with Crippen LogP contribution in [0.25, 0.3) is 0 Å². The van der Waals surface area contributed by atoms with E-state index in [4.69, 9.17) is 4.74 Å². The molecule has 3 unspecified atom stereocenters. The lowest BCUT2D eigenvalue weighted by Gasteiger charge is -2.35. The minimum absolute atomic E-state index is 0.107. The molecule has 0 bridgehead atoms. The number of hydrogen-bond acceptors (Lipinski definition) is 3. The maximum atomic E-state index is 6.04. The van der Waals surface area contributed by atoms with E-state index in [-0.39, 0.29) is 5.54 Å². The van der Waals surface area contributed by atoms with Crippen molar-refractivity contribution in [1.29, 1.82) is 0 Å². The topological polar surface area (TPSA) is 33.3 Å². The van der Waals surface area contributed by atoms with E-state index in [9.17, 15) is 0 Å². The van der Waals surface area contributed by atoms with Crippen LogP contribution in [0, 0.1) is 5.92 Å². The molecule has 0 radical (unpaired) electrons. The average molecular weight is 287 g/mol. The summed E-state index contributed by atoms with van der Waals surface area (Å²) in [5.41, 5.74) is 0.107. The fraction of sp³-hybridized carbons (Fsp3) is 1.00. The van der Waals surface area contributed by atoms with E-state index in [0.717, 1.165) is 13.0 Å². The summed E-state index contributed by atoms with van der Waals surface area (Å²) in [5, 5.41) is 7.14. The summed E-state index contributed by atoms with van der Waals surface area (Å²) >= 11 is 0. The van der Waals surface area contributed by atoms with Crippen molar-refractivity contribution >= 4 is 0 Å². The van der Waals surface area contributed by atoms with Gasteiger partial charge in [-0.25, -0.2) is 0 Å². The number of nitrogens with one attached hydrogen (secondary N) is 2. The highest BCUT2D eigenvalue weighted by molar-refractivity contribution is 4.85. The Morgan fingerprint density at radius 1 is 0.900 bits per heavy atom. The molecular weight excluding hydrogens is 248 g/mol. The Labute approximate surface area is 127 Å². The zero-order valence-electron chi connectivity index (χ0n) is 15.2. The van der Waals surface area contributed by atoms with E-state index < -0.39 is 0 Å². The first-order valence-corrected chi connectivity index (χ1v) is 8.20. The maximum absolute atomic E-state index is 6.04. The van der Waals surface area contributed by atoms with Gasteiger partial charge in [0.2, 0.25) is 0 Å². The van der Waals surface area contributed by atoms with Crippen LogP contribution in [0.5, 0.6) is 0 Å². The molecule has 122 valence electrons. The third kappa shape index (κ3) is 8.93. The monoisotopic (exact) mass is 286 g/mol. The van der Waals surface area contributed by atoms with Gasteiger partial charge in [0.1, 0.15) is 0 Å². The highest BCUT2D eigenvalue weighted by Crippen LogP contribution is 2.18. The number of hydrogen-bond donors (Lipinski definition) is 2. The highest BCUT2D eigenvalue weighted by atomic mass is 16.5. The molecule has 2 N–H and O–H groups in total. The third-order valence-corrected chi connectivity index (χ3v) is 3.83. The second kappa shape index (κ2) is 9.01. The zero-order valence-corrected chi connectivity index (χ0v) is 15.2. The molecule has 3 heteroatoms. The summed E-state index contributed by atoms with van der Waals surface area (Å²) < 4.78 is 6.04. The van der Waals surface area contributed by atoms with Crippen molar-refractivity contribution < 1.29 is 4.74 Å². The van der Waals surface area contributed by atoms with Gasteiger partial charge in [-0.15, -0.1) is 0 Å². The molecule has 0 spiro atoms. The summed E-state index contributed by atoms with van der Waals surface area (Å²) in [6.45, 7) is 20.7. The molecule has 3 nitrogen and oxygen atoms in total. The molecule has 0 aromatic carbocycles. The van der Waals surface area contributed by atoms with Gasteiger partial charge in [-0.2, -0.15) is 0 Å². The summed E-state index contributed by atoms with van der Waals surface area (Å²) in [4.78, 5) is 0. The summed E-state index contributed by atoms with van der Waals surface area (Å²) in [6, 6.07) is 1.53. The highest BCUT2D eigenvalue weighted by Gasteiger charge is 2.26. The van der Waals surface area contributed by atoms with Crippen LogP contribution >= 0.6 is 0 Å². The van der Waals surface area contributed by atoms with Gasteiger partial charge in [0, 0.05) is 23.7 Å². The quantitative estimate of drug-likeness (QED) is 0.644. The zero-order chi connectivity index (χ0) is 15.9. The van der Waals surface area contributed by atoms with Gasteiger partial charge in [-0.05, 0) is 40.0 Å². The Morgan fingerprint density at radius 3 is 1.90 bits per heavy atom. The Morgan fingerprint density at radius 2 is 1.45 bits per heavy atom. The number of rotatable bonds is 10. The van der Waals surface area contributed by atoms with Crippen LogP contribution in [-0.4, -0.2) is 36.4 Å². The van der Waals surface area contributed by atoms with Crippen molar-refractivity contribution in [3.8, 4) is 0 Å². The second-order valence-corrected chi connectivity index (χ2v) is 7.52. The first kappa shape index (κ1) is 19.9. The van der Waals surface area contributed by atoms with Crippen molar-refractivity contribution in [2.24, 2.45) is 5.92 Å². The van der Waals surface area contributed by atoms with E-state index in [1.165, 1.54) is 0 Å². The van der Waals surface area contributed by atoms with Crippen LogP contribution in [0.4, 0.5) is 0 Å². The van der Waals surface area contributed by atoms with Crippen molar-refractivity contribution in [2.45, 2.75) is 98.5 Å². The van der Waals surface area contributed by atoms with Gasteiger partial charge in [-0.1, -0.05) is 34.6 Å². The van der Waals surface area contributed by atoms with E-state index in [0.29, 0.717) is 30.1 Å². The molecule has 0 rings (SSSR count). The lowest BCUT2D eigenvalue weighted by Crippen LogP contribution is -2.50. The van der Waals surface area contributed by atoms with Crippen LogP contribution in [0.3, 0.4) is 0 Å². The van der Waals surface area contributed by atoms with E-state index >= 15 is 0 Å². The van der Waals surface area contributed by atoms with Crippen molar-refractivity contribution in [2.75, 3.05) is 6.61 Å². The Balaban J connectivity index is 4.07.